The normalized spacial score (nSPS) is 12.3. The number of halogens is 1. The number of carboxylic acids is 1. The van der Waals surface area contributed by atoms with Crippen LogP contribution in [-0.4, -0.2) is 21.3 Å². The number of fused-ring (bicyclic) bond motifs is 1. The van der Waals surface area contributed by atoms with E-state index < -0.39 is 5.97 Å². The van der Waals surface area contributed by atoms with Crippen LogP contribution in [0.1, 0.15) is 35.6 Å². The molecule has 0 amide bonds. The van der Waals surface area contributed by atoms with Gasteiger partial charge in [0.1, 0.15) is 0 Å². The second-order valence-corrected chi connectivity index (χ2v) is 7.56. The van der Waals surface area contributed by atoms with Crippen LogP contribution >= 0.6 is 11.6 Å². The Morgan fingerprint density at radius 1 is 1.06 bits per heavy atom. The molecule has 2 N–H and O–H groups in total. The Bertz CT molecular complexity index is 1300. The molecule has 0 atom stereocenters. The van der Waals surface area contributed by atoms with Crippen molar-refractivity contribution in [1.82, 2.24) is 10.2 Å². The second-order valence-electron chi connectivity index (χ2n) is 7.15. The number of hydrogen-bond donors (Lipinski definition) is 2. The maximum Gasteiger partial charge on any atom is 0.328 e. The number of aliphatic carboxylic acids is 1. The molecule has 0 aliphatic carbocycles. The van der Waals surface area contributed by atoms with Crippen molar-refractivity contribution in [2.45, 2.75) is 13.3 Å². The van der Waals surface area contributed by atoms with E-state index in [4.69, 9.17) is 16.7 Å². The molecule has 0 bridgehead atoms. The highest BCUT2D eigenvalue weighted by Crippen LogP contribution is 2.37. The van der Waals surface area contributed by atoms with Crippen molar-refractivity contribution in [3.05, 3.63) is 106 Å². The largest absolute Gasteiger partial charge is 0.478 e. The first-order chi connectivity index (χ1) is 15.1. The van der Waals surface area contributed by atoms with Gasteiger partial charge in [-0.25, -0.2) is 4.79 Å². The van der Waals surface area contributed by atoms with Crippen LogP contribution in [0, 0.1) is 0 Å². The Kier molecular flexibility index (Phi) is 6.01. The van der Waals surface area contributed by atoms with Gasteiger partial charge >= 0.3 is 5.97 Å². The summed E-state index contributed by atoms with van der Waals surface area (Å²) in [7, 11) is 0. The lowest BCUT2D eigenvalue weighted by Gasteiger charge is -2.17. The number of carboxylic acid groups (broad SMARTS) is 1. The zero-order valence-corrected chi connectivity index (χ0v) is 17.7. The Balaban J connectivity index is 1.92. The Labute approximate surface area is 185 Å². The molecule has 0 saturated carbocycles. The third kappa shape index (κ3) is 4.44. The number of hydrogen-bond acceptors (Lipinski definition) is 2. The van der Waals surface area contributed by atoms with E-state index in [0.717, 1.165) is 56.8 Å². The number of rotatable bonds is 6. The van der Waals surface area contributed by atoms with Crippen molar-refractivity contribution in [3.8, 4) is 0 Å². The molecule has 4 aromatic rings. The molecule has 0 aliphatic rings. The highest BCUT2D eigenvalue weighted by molar-refractivity contribution is 6.32. The number of nitrogens with zero attached hydrogens (tertiary/aromatic N) is 1. The number of nitrogens with one attached hydrogen (secondary N) is 1. The zero-order chi connectivity index (χ0) is 21.8. The fraction of sp³-hybridized carbons (Fsp3) is 0.0769. The molecule has 1 heterocycles. The predicted octanol–water partition coefficient (Wildman–Crippen LogP) is 6.68. The van der Waals surface area contributed by atoms with Crippen molar-refractivity contribution < 1.29 is 9.90 Å². The first kappa shape index (κ1) is 20.6. The lowest BCUT2D eigenvalue weighted by atomic mass is 9.87. The van der Waals surface area contributed by atoms with Gasteiger partial charge in [0.05, 0.1) is 11.7 Å². The van der Waals surface area contributed by atoms with Gasteiger partial charge in [-0.3, -0.25) is 5.10 Å². The number of aromatic nitrogens is 2. The third-order valence-corrected chi connectivity index (χ3v) is 5.53. The minimum absolute atomic E-state index is 0.710. The van der Waals surface area contributed by atoms with Crippen LogP contribution in [0.3, 0.4) is 0 Å². The SMILES string of the molecule is CCC(=C(c1ccc(C=CC(=O)O)cc1)c1ccc2[nH]ncc2c1)c1ccccc1Cl. The predicted molar refractivity (Wildman–Crippen MR) is 127 cm³/mol. The summed E-state index contributed by atoms with van der Waals surface area (Å²) in [6.07, 6.45) is 5.34. The van der Waals surface area contributed by atoms with Crippen LogP contribution in [0.2, 0.25) is 5.02 Å². The average molecular weight is 429 g/mol. The first-order valence-corrected chi connectivity index (χ1v) is 10.4. The van der Waals surface area contributed by atoms with E-state index in [1.54, 1.807) is 6.08 Å². The molecule has 3 aromatic carbocycles. The van der Waals surface area contributed by atoms with Crippen molar-refractivity contribution >= 4 is 45.7 Å². The highest BCUT2D eigenvalue weighted by Gasteiger charge is 2.15. The zero-order valence-electron chi connectivity index (χ0n) is 17.0. The van der Waals surface area contributed by atoms with Crippen molar-refractivity contribution in [2.75, 3.05) is 0 Å². The maximum atomic E-state index is 10.8. The summed E-state index contributed by atoms with van der Waals surface area (Å²) in [5, 5.41) is 17.8. The minimum Gasteiger partial charge on any atom is -0.478 e. The van der Waals surface area contributed by atoms with E-state index in [1.807, 2.05) is 60.8 Å². The topological polar surface area (TPSA) is 66.0 Å². The highest BCUT2D eigenvalue weighted by atomic mass is 35.5. The van der Waals surface area contributed by atoms with E-state index in [2.05, 4.69) is 29.3 Å². The monoisotopic (exact) mass is 428 g/mol. The minimum atomic E-state index is -0.968. The molecule has 0 fully saturated rings. The summed E-state index contributed by atoms with van der Waals surface area (Å²) < 4.78 is 0. The van der Waals surface area contributed by atoms with Crippen LogP contribution in [0.5, 0.6) is 0 Å². The average Bonchev–Trinajstić information content (AvgIpc) is 3.25. The molecule has 0 saturated heterocycles. The van der Waals surface area contributed by atoms with Gasteiger partial charge in [-0.05, 0) is 64.1 Å². The molecule has 0 aliphatic heterocycles. The van der Waals surface area contributed by atoms with Crippen LogP contribution in [0.4, 0.5) is 0 Å². The molecule has 4 rings (SSSR count). The van der Waals surface area contributed by atoms with Gasteiger partial charge in [-0.2, -0.15) is 5.10 Å². The van der Waals surface area contributed by atoms with Crippen molar-refractivity contribution in [1.29, 1.82) is 0 Å². The van der Waals surface area contributed by atoms with Crippen LogP contribution in [-0.2, 0) is 4.79 Å². The Morgan fingerprint density at radius 2 is 1.81 bits per heavy atom. The van der Waals surface area contributed by atoms with Crippen molar-refractivity contribution in [2.24, 2.45) is 0 Å². The van der Waals surface area contributed by atoms with Crippen LogP contribution < -0.4 is 0 Å². The molecular formula is C26H21ClN2O2. The van der Waals surface area contributed by atoms with Gasteiger partial charge in [0.25, 0.3) is 0 Å². The molecular weight excluding hydrogens is 408 g/mol. The lowest BCUT2D eigenvalue weighted by Crippen LogP contribution is -1.96. The molecule has 154 valence electrons. The summed E-state index contributed by atoms with van der Waals surface area (Å²) in [6, 6.07) is 22.0. The molecule has 0 spiro atoms. The first-order valence-electron chi connectivity index (χ1n) is 10.00. The van der Waals surface area contributed by atoms with Crippen LogP contribution in [0.25, 0.3) is 28.1 Å². The quantitative estimate of drug-likeness (QED) is 0.266. The van der Waals surface area contributed by atoms with Gasteiger partial charge < -0.3 is 5.11 Å². The van der Waals surface area contributed by atoms with Crippen LogP contribution in [0.15, 0.2) is 79.0 Å². The molecule has 1 aromatic heterocycles. The maximum absolute atomic E-state index is 10.8. The number of aromatic amines is 1. The van der Waals surface area contributed by atoms with Gasteiger partial charge in [0, 0.05) is 16.5 Å². The summed E-state index contributed by atoms with van der Waals surface area (Å²) in [5.41, 5.74) is 7.14. The molecule has 0 radical (unpaired) electrons. The van der Waals surface area contributed by atoms with Gasteiger partial charge in [-0.15, -0.1) is 0 Å². The number of carbonyl (C=O) groups is 1. The standard InChI is InChI=1S/C26H21ClN2O2/c1-2-21(22-5-3-4-6-23(22)27)26(19-12-13-24-20(15-19)16-28-29-24)18-10-7-17(8-11-18)9-14-25(30)31/h3-16H,2H2,1H3,(H,28,29)(H,30,31). The number of allylic oxidation sites excluding steroid dienone is 1. The summed E-state index contributed by atoms with van der Waals surface area (Å²) in [5.74, 6) is -0.968. The molecule has 5 heteroatoms. The smallest absolute Gasteiger partial charge is 0.328 e. The molecule has 31 heavy (non-hydrogen) atoms. The summed E-state index contributed by atoms with van der Waals surface area (Å²) in [4.78, 5) is 10.8. The van der Waals surface area contributed by atoms with Gasteiger partial charge in [0.2, 0.25) is 0 Å². The fourth-order valence-corrected chi connectivity index (χ4v) is 4.00. The lowest BCUT2D eigenvalue weighted by molar-refractivity contribution is -0.131. The molecule has 4 nitrogen and oxygen atoms in total. The van der Waals surface area contributed by atoms with Gasteiger partial charge in [0.15, 0.2) is 0 Å². The van der Waals surface area contributed by atoms with E-state index in [0.29, 0.717) is 5.02 Å². The van der Waals surface area contributed by atoms with E-state index >= 15 is 0 Å². The van der Waals surface area contributed by atoms with E-state index in [9.17, 15) is 4.79 Å². The summed E-state index contributed by atoms with van der Waals surface area (Å²) >= 11 is 6.58. The third-order valence-electron chi connectivity index (χ3n) is 5.20. The van der Waals surface area contributed by atoms with Gasteiger partial charge in [-0.1, -0.05) is 67.1 Å². The molecule has 0 unspecified atom stereocenters. The van der Waals surface area contributed by atoms with E-state index in [-0.39, 0.29) is 0 Å². The number of benzene rings is 3. The number of H-pyrrole nitrogens is 1. The van der Waals surface area contributed by atoms with E-state index in [1.165, 1.54) is 0 Å². The Hall–Kier alpha value is -3.63. The second kappa shape index (κ2) is 9.02. The fourth-order valence-electron chi connectivity index (χ4n) is 3.75. The Morgan fingerprint density at radius 3 is 2.52 bits per heavy atom. The van der Waals surface area contributed by atoms with Crippen molar-refractivity contribution in [3.63, 3.8) is 0 Å². The summed E-state index contributed by atoms with van der Waals surface area (Å²) in [6.45, 7) is 2.12.